The van der Waals surface area contributed by atoms with Gasteiger partial charge in [0.1, 0.15) is 0 Å². The van der Waals surface area contributed by atoms with Crippen LogP contribution in [0.3, 0.4) is 0 Å². The molecule has 0 saturated heterocycles. The maximum atomic E-state index is 10.7. The molecule has 64 valence electrons. The normalized spacial score (nSPS) is 10.1. The summed E-state index contributed by atoms with van der Waals surface area (Å²) < 4.78 is 4.67. The van der Waals surface area contributed by atoms with Crippen LogP contribution in [0.4, 0.5) is 0 Å². The highest BCUT2D eigenvalue weighted by Crippen LogP contribution is 1.83. The fraction of sp³-hybridized carbons (Fsp3) is 0.714. The number of ether oxygens (including phenoxy) is 1. The van der Waals surface area contributed by atoms with Crippen LogP contribution in [0.1, 0.15) is 13.3 Å². The van der Waals surface area contributed by atoms with E-state index in [1.165, 1.54) is 6.21 Å². The Hall–Kier alpha value is -1.06. The molecule has 4 heteroatoms. The average molecular weight is 158 g/mol. The van der Waals surface area contributed by atoms with E-state index in [2.05, 4.69) is 9.84 Å². The number of hydrazone groups is 1. The van der Waals surface area contributed by atoms with Crippen molar-refractivity contribution in [3.63, 3.8) is 0 Å². The van der Waals surface area contributed by atoms with Crippen molar-refractivity contribution < 1.29 is 9.53 Å². The topological polar surface area (TPSA) is 41.9 Å². The Bertz CT molecular complexity index is 143. The third-order valence-electron chi connectivity index (χ3n) is 0.876. The monoisotopic (exact) mass is 158 g/mol. The van der Waals surface area contributed by atoms with E-state index in [-0.39, 0.29) is 12.4 Å². The fourth-order valence-corrected chi connectivity index (χ4v) is 0.499. The number of hydrogen-bond donors (Lipinski definition) is 0. The van der Waals surface area contributed by atoms with E-state index in [9.17, 15) is 4.79 Å². The van der Waals surface area contributed by atoms with E-state index in [0.29, 0.717) is 6.61 Å². The van der Waals surface area contributed by atoms with Crippen LogP contribution in [-0.2, 0) is 9.53 Å². The maximum Gasteiger partial charge on any atom is 0.311 e. The van der Waals surface area contributed by atoms with E-state index in [1.807, 2.05) is 0 Å². The number of rotatable bonds is 4. The van der Waals surface area contributed by atoms with Crippen molar-refractivity contribution >= 4 is 12.2 Å². The summed E-state index contributed by atoms with van der Waals surface area (Å²) in [5.74, 6) is -0.238. The Morgan fingerprint density at radius 1 is 1.64 bits per heavy atom. The summed E-state index contributed by atoms with van der Waals surface area (Å²) in [6, 6.07) is 0. The van der Waals surface area contributed by atoms with Crippen molar-refractivity contribution in [2.24, 2.45) is 5.10 Å². The molecule has 0 atom stereocenters. The smallest absolute Gasteiger partial charge is 0.311 e. The SMILES string of the molecule is CCOC(=O)C/C=N\N(C)C. The van der Waals surface area contributed by atoms with Crippen LogP contribution in [0.15, 0.2) is 5.10 Å². The largest absolute Gasteiger partial charge is 0.466 e. The lowest BCUT2D eigenvalue weighted by atomic mass is 10.5. The number of nitrogens with zero attached hydrogens (tertiary/aromatic N) is 2. The summed E-state index contributed by atoms with van der Waals surface area (Å²) >= 11 is 0. The molecule has 0 saturated carbocycles. The minimum Gasteiger partial charge on any atom is -0.466 e. The molecule has 0 amide bonds. The summed E-state index contributed by atoms with van der Waals surface area (Å²) in [4.78, 5) is 10.7. The van der Waals surface area contributed by atoms with Gasteiger partial charge in [-0.25, -0.2) is 0 Å². The van der Waals surface area contributed by atoms with Gasteiger partial charge in [-0.15, -0.1) is 0 Å². The first-order chi connectivity index (χ1) is 5.16. The van der Waals surface area contributed by atoms with Crippen LogP contribution < -0.4 is 0 Å². The van der Waals surface area contributed by atoms with Gasteiger partial charge in [0.05, 0.1) is 13.0 Å². The van der Waals surface area contributed by atoms with Gasteiger partial charge in [0, 0.05) is 20.3 Å². The van der Waals surface area contributed by atoms with Crippen molar-refractivity contribution in [1.29, 1.82) is 0 Å². The standard InChI is InChI=1S/C7H14N2O2/c1-4-11-7(10)5-6-8-9(2)3/h6H,4-5H2,1-3H3/b8-6-. The van der Waals surface area contributed by atoms with Gasteiger partial charge in [-0.2, -0.15) is 5.10 Å². The van der Waals surface area contributed by atoms with Gasteiger partial charge in [-0.1, -0.05) is 0 Å². The molecule has 11 heavy (non-hydrogen) atoms. The fourth-order valence-electron chi connectivity index (χ4n) is 0.499. The molecule has 0 spiro atoms. The number of carbonyl (C=O) groups is 1. The Kier molecular flexibility index (Phi) is 5.15. The molecule has 0 aromatic carbocycles. The Balaban J connectivity index is 3.45. The second-order valence-electron chi connectivity index (χ2n) is 2.15. The molecule has 0 fully saturated rings. The third-order valence-corrected chi connectivity index (χ3v) is 0.876. The molecule has 0 aliphatic heterocycles. The zero-order chi connectivity index (χ0) is 8.69. The van der Waals surface area contributed by atoms with Crippen LogP contribution in [0, 0.1) is 0 Å². The molecule has 0 aliphatic carbocycles. The van der Waals surface area contributed by atoms with Gasteiger partial charge in [0.25, 0.3) is 0 Å². The highest BCUT2D eigenvalue weighted by Gasteiger charge is 1.96. The average Bonchev–Trinajstić information content (AvgIpc) is 1.87. The maximum absolute atomic E-state index is 10.7. The second kappa shape index (κ2) is 5.70. The highest BCUT2D eigenvalue weighted by atomic mass is 16.5. The van der Waals surface area contributed by atoms with Crippen LogP contribution in [0.5, 0.6) is 0 Å². The van der Waals surface area contributed by atoms with Gasteiger partial charge in [-0.3, -0.25) is 4.79 Å². The molecule has 0 bridgehead atoms. The van der Waals surface area contributed by atoms with Gasteiger partial charge < -0.3 is 9.75 Å². The Morgan fingerprint density at radius 2 is 2.27 bits per heavy atom. The highest BCUT2D eigenvalue weighted by molar-refractivity contribution is 5.85. The van der Waals surface area contributed by atoms with Crippen LogP contribution in [0.2, 0.25) is 0 Å². The molecule has 4 nitrogen and oxygen atoms in total. The molecular weight excluding hydrogens is 144 g/mol. The summed E-state index contributed by atoms with van der Waals surface area (Å²) in [6.07, 6.45) is 1.77. The lowest BCUT2D eigenvalue weighted by molar-refractivity contribution is -0.141. The summed E-state index contributed by atoms with van der Waals surface area (Å²) in [5.41, 5.74) is 0. The van der Waals surface area contributed by atoms with Crippen LogP contribution in [0.25, 0.3) is 0 Å². The van der Waals surface area contributed by atoms with Crippen molar-refractivity contribution in [2.75, 3.05) is 20.7 Å². The Labute approximate surface area is 66.8 Å². The zero-order valence-electron chi connectivity index (χ0n) is 7.20. The number of hydrogen-bond acceptors (Lipinski definition) is 4. The molecule has 0 aromatic rings. The number of esters is 1. The molecule has 0 N–H and O–H groups in total. The second-order valence-corrected chi connectivity index (χ2v) is 2.15. The molecule has 0 rings (SSSR count). The quantitative estimate of drug-likeness (QED) is 0.339. The van der Waals surface area contributed by atoms with E-state index >= 15 is 0 Å². The van der Waals surface area contributed by atoms with Gasteiger partial charge in [-0.05, 0) is 6.92 Å². The Morgan fingerprint density at radius 3 is 2.73 bits per heavy atom. The first-order valence-corrected chi connectivity index (χ1v) is 3.52. The van der Waals surface area contributed by atoms with E-state index < -0.39 is 0 Å². The van der Waals surface area contributed by atoms with Crippen molar-refractivity contribution in [1.82, 2.24) is 5.01 Å². The summed E-state index contributed by atoms with van der Waals surface area (Å²) in [5, 5.41) is 5.48. The third kappa shape index (κ3) is 6.83. The number of carbonyl (C=O) groups excluding carboxylic acids is 1. The summed E-state index contributed by atoms with van der Waals surface area (Å²) in [6.45, 7) is 2.20. The molecule has 0 heterocycles. The van der Waals surface area contributed by atoms with Crippen molar-refractivity contribution in [3.8, 4) is 0 Å². The lowest BCUT2D eigenvalue weighted by Gasteiger charge is -2.01. The van der Waals surface area contributed by atoms with Gasteiger partial charge in [0.2, 0.25) is 0 Å². The van der Waals surface area contributed by atoms with Gasteiger partial charge >= 0.3 is 5.97 Å². The molecule has 0 aliphatic rings. The predicted molar refractivity (Wildman–Crippen MR) is 43.4 cm³/mol. The first kappa shape index (κ1) is 9.94. The molecule has 0 radical (unpaired) electrons. The van der Waals surface area contributed by atoms with E-state index in [1.54, 1.807) is 26.0 Å². The predicted octanol–water partition coefficient (Wildman–Crippen LogP) is 0.487. The van der Waals surface area contributed by atoms with Crippen LogP contribution >= 0.6 is 0 Å². The molecule has 0 unspecified atom stereocenters. The lowest BCUT2D eigenvalue weighted by Crippen LogP contribution is -2.07. The van der Waals surface area contributed by atoms with Crippen LogP contribution in [-0.4, -0.2) is 37.9 Å². The molecular formula is C7H14N2O2. The zero-order valence-corrected chi connectivity index (χ0v) is 7.20. The molecule has 0 aromatic heterocycles. The first-order valence-electron chi connectivity index (χ1n) is 3.52. The van der Waals surface area contributed by atoms with E-state index in [0.717, 1.165) is 0 Å². The van der Waals surface area contributed by atoms with Crippen molar-refractivity contribution in [2.45, 2.75) is 13.3 Å². The summed E-state index contributed by atoms with van der Waals surface area (Å²) in [7, 11) is 3.59. The van der Waals surface area contributed by atoms with E-state index in [4.69, 9.17) is 0 Å². The van der Waals surface area contributed by atoms with Gasteiger partial charge in [0.15, 0.2) is 0 Å². The minimum absolute atomic E-state index is 0.238. The van der Waals surface area contributed by atoms with Crippen molar-refractivity contribution in [3.05, 3.63) is 0 Å². The minimum atomic E-state index is -0.238.